The first-order chi connectivity index (χ1) is 15.1. The van der Waals surface area contributed by atoms with Crippen LogP contribution in [0.15, 0.2) is 66.7 Å². The van der Waals surface area contributed by atoms with E-state index in [1.54, 1.807) is 0 Å². The number of esters is 1. The second-order valence-electron chi connectivity index (χ2n) is 7.35. The molecule has 5 nitrogen and oxygen atoms in total. The molecule has 0 fully saturated rings. The van der Waals surface area contributed by atoms with Gasteiger partial charge in [0, 0.05) is 34.4 Å². The van der Waals surface area contributed by atoms with Crippen molar-refractivity contribution in [2.75, 3.05) is 19.5 Å². The summed E-state index contributed by atoms with van der Waals surface area (Å²) in [5.41, 5.74) is 10.3. The van der Waals surface area contributed by atoms with Gasteiger partial charge in [0.05, 0.1) is 20.1 Å². The Morgan fingerprint density at radius 1 is 1.06 bits per heavy atom. The molecule has 0 saturated heterocycles. The second-order valence-corrected chi connectivity index (χ2v) is 7.35. The summed E-state index contributed by atoms with van der Waals surface area (Å²) in [5.74, 6) is 7.56. The van der Waals surface area contributed by atoms with Gasteiger partial charge in [0.2, 0.25) is 0 Å². The normalized spacial score (nSPS) is 14.0. The number of fused-ring (bicyclic) bond motifs is 1. The van der Waals surface area contributed by atoms with Crippen molar-refractivity contribution < 1.29 is 19.0 Å². The van der Waals surface area contributed by atoms with Crippen LogP contribution >= 0.6 is 0 Å². The van der Waals surface area contributed by atoms with Crippen LogP contribution in [0.5, 0.6) is 11.5 Å². The van der Waals surface area contributed by atoms with E-state index < -0.39 is 0 Å². The lowest BCUT2D eigenvalue weighted by Gasteiger charge is -2.09. The molecule has 1 aliphatic heterocycles. The molecule has 0 amide bonds. The van der Waals surface area contributed by atoms with Gasteiger partial charge in [0.15, 0.2) is 0 Å². The smallest absolute Gasteiger partial charge is 0.306 e. The van der Waals surface area contributed by atoms with Crippen LogP contribution in [0.4, 0.5) is 5.69 Å². The van der Waals surface area contributed by atoms with Gasteiger partial charge in [0.1, 0.15) is 18.1 Å². The van der Waals surface area contributed by atoms with E-state index in [1.165, 1.54) is 7.11 Å². The molecule has 0 bridgehead atoms. The van der Waals surface area contributed by atoms with Crippen LogP contribution in [0.3, 0.4) is 0 Å². The van der Waals surface area contributed by atoms with Crippen LogP contribution in [0.25, 0.3) is 0 Å². The topological polar surface area (TPSA) is 70.8 Å². The van der Waals surface area contributed by atoms with E-state index in [2.05, 4.69) is 11.8 Å². The van der Waals surface area contributed by atoms with Crippen LogP contribution in [-0.2, 0) is 16.1 Å². The number of hydrogen-bond donors (Lipinski definition) is 1. The van der Waals surface area contributed by atoms with Gasteiger partial charge in [-0.05, 0) is 42.0 Å². The molecule has 2 N–H and O–H groups in total. The zero-order valence-electron chi connectivity index (χ0n) is 17.3. The SMILES string of the molecule is COC(=O)CC1COc2cc(OCc3cccc(C#Cc4cccc(N)c4)c3)ccc21. The molecule has 5 heteroatoms. The number of anilines is 1. The number of nitrogen functional groups attached to an aromatic ring is 1. The van der Waals surface area contributed by atoms with Gasteiger partial charge in [-0.25, -0.2) is 0 Å². The average molecular weight is 413 g/mol. The number of methoxy groups -OCH3 is 1. The van der Waals surface area contributed by atoms with E-state index in [4.69, 9.17) is 19.9 Å². The first-order valence-electron chi connectivity index (χ1n) is 10.0. The molecule has 0 aliphatic carbocycles. The highest BCUT2D eigenvalue weighted by Crippen LogP contribution is 2.38. The zero-order valence-corrected chi connectivity index (χ0v) is 17.3. The largest absolute Gasteiger partial charge is 0.492 e. The molecule has 1 aliphatic rings. The van der Waals surface area contributed by atoms with Crippen molar-refractivity contribution in [3.63, 3.8) is 0 Å². The van der Waals surface area contributed by atoms with Gasteiger partial charge >= 0.3 is 5.97 Å². The van der Waals surface area contributed by atoms with Gasteiger partial charge < -0.3 is 19.9 Å². The maximum absolute atomic E-state index is 11.6. The Hall–Kier alpha value is -3.91. The summed E-state index contributed by atoms with van der Waals surface area (Å²) < 4.78 is 16.4. The fourth-order valence-corrected chi connectivity index (χ4v) is 3.47. The summed E-state index contributed by atoms with van der Waals surface area (Å²) in [6.45, 7) is 0.889. The molecule has 0 radical (unpaired) electrons. The highest BCUT2D eigenvalue weighted by molar-refractivity contribution is 5.71. The first kappa shape index (κ1) is 20.4. The van der Waals surface area contributed by atoms with Crippen molar-refractivity contribution in [2.45, 2.75) is 18.9 Å². The summed E-state index contributed by atoms with van der Waals surface area (Å²) in [4.78, 5) is 11.6. The monoisotopic (exact) mass is 413 g/mol. The van der Waals surface area contributed by atoms with E-state index in [0.29, 0.717) is 31.1 Å². The van der Waals surface area contributed by atoms with Crippen LogP contribution in [0.2, 0.25) is 0 Å². The Morgan fingerprint density at radius 2 is 1.84 bits per heavy atom. The quantitative estimate of drug-likeness (QED) is 0.384. The Kier molecular flexibility index (Phi) is 6.09. The molecule has 0 saturated carbocycles. The Labute approximate surface area is 181 Å². The number of carbonyl (C=O) groups excluding carboxylic acids is 1. The highest BCUT2D eigenvalue weighted by Gasteiger charge is 2.27. The first-order valence-corrected chi connectivity index (χ1v) is 10.0. The van der Waals surface area contributed by atoms with E-state index in [1.807, 2.05) is 66.7 Å². The van der Waals surface area contributed by atoms with Gasteiger partial charge in [-0.15, -0.1) is 0 Å². The summed E-state index contributed by atoms with van der Waals surface area (Å²) in [7, 11) is 1.40. The number of carbonyl (C=O) groups is 1. The molecule has 31 heavy (non-hydrogen) atoms. The molecule has 0 aromatic heterocycles. The third-order valence-electron chi connectivity index (χ3n) is 5.08. The maximum Gasteiger partial charge on any atom is 0.306 e. The van der Waals surface area contributed by atoms with Crippen molar-refractivity contribution in [3.05, 3.63) is 89.0 Å². The van der Waals surface area contributed by atoms with Crippen molar-refractivity contribution in [1.29, 1.82) is 0 Å². The van der Waals surface area contributed by atoms with Crippen molar-refractivity contribution in [3.8, 4) is 23.3 Å². The van der Waals surface area contributed by atoms with E-state index in [0.717, 1.165) is 28.0 Å². The van der Waals surface area contributed by atoms with Crippen LogP contribution < -0.4 is 15.2 Å². The van der Waals surface area contributed by atoms with E-state index in [9.17, 15) is 4.79 Å². The van der Waals surface area contributed by atoms with Gasteiger partial charge in [0.25, 0.3) is 0 Å². The number of hydrogen-bond acceptors (Lipinski definition) is 5. The summed E-state index contributed by atoms with van der Waals surface area (Å²) in [6.07, 6.45) is 0.313. The highest BCUT2D eigenvalue weighted by atomic mass is 16.5. The van der Waals surface area contributed by atoms with Gasteiger partial charge in [-0.3, -0.25) is 4.79 Å². The lowest BCUT2D eigenvalue weighted by molar-refractivity contribution is -0.141. The van der Waals surface area contributed by atoms with E-state index >= 15 is 0 Å². The lowest BCUT2D eigenvalue weighted by atomic mass is 9.98. The standard InChI is InChI=1S/C26H23NO4/c1-29-26(28)14-21-17-31-25-15-23(10-11-24(21)25)30-16-20-6-2-4-18(12-20)8-9-19-5-3-7-22(27)13-19/h2-7,10-13,15,21H,14,16-17,27H2,1H3. The third kappa shape index (κ3) is 5.18. The Bertz CT molecular complexity index is 1160. The molecule has 1 atom stereocenters. The number of ether oxygens (including phenoxy) is 3. The Balaban J connectivity index is 1.40. The zero-order chi connectivity index (χ0) is 21.6. The number of rotatable bonds is 5. The van der Waals surface area contributed by atoms with Crippen LogP contribution in [-0.4, -0.2) is 19.7 Å². The van der Waals surface area contributed by atoms with Gasteiger partial charge in [-0.2, -0.15) is 0 Å². The van der Waals surface area contributed by atoms with Crippen LogP contribution in [0, 0.1) is 11.8 Å². The average Bonchev–Trinajstić information content (AvgIpc) is 3.18. The maximum atomic E-state index is 11.6. The van der Waals surface area contributed by atoms with Gasteiger partial charge in [-0.1, -0.05) is 36.1 Å². The lowest BCUT2D eigenvalue weighted by Crippen LogP contribution is -2.09. The second kappa shape index (κ2) is 9.27. The molecule has 1 heterocycles. The minimum atomic E-state index is -0.236. The van der Waals surface area contributed by atoms with Crippen molar-refractivity contribution in [2.24, 2.45) is 0 Å². The number of nitrogens with two attached hydrogens (primary N) is 1. The molecule has 1 unspecified atom stereocenters. The van der Waals surface area contributed by atoms with Crippen molar-refractivity contribution >= 4 is 11.7 Å². The fraction of sp³-hybridized carbons (Fsp3) is 0.192. The third-order valence-corrected chi connectivity index (χ3v) is 5.08. The summed E-state index contributed by atoms with van der Waals surface area (Å²) in [6, 6.07) is 21.2. The fourth-order valence-electron chi connectivity index (χ4n) is 3.47. The molecule has 3 aromatic rings. The predicted molar refractivity (Wildman–Crippen MR) is 119 cm³/mol. The summed E-state index contributed by atoms with van der Waals surface area (Å²) >= 11 is 0. The minimum Gasteiger partial charge on any atom is -0.492 e. The molecule has 4 rings (SSSR count). The molecule has 0 spiro atoms. The Morgan fingerprint density at radius 3 is 2.61 bits per heavy atom. The van der Waals surface area contributed by atoms with Crippen molar-refractivity contribution in [1.82, 2.24) is 0 Å². The molecule has 3 aromatic carbocycles. The molecular formula is C26H23NO4. The van der Waals surface area contributed by atoms with E-state index in [-0.39, 0.29) is 11.9 Å². The predicted octanol–water partition coefficient (Wildman–Crippen LogP) is 4.29. The molecule has 156 valence electrons. The number of benzene rings is 3. The summed E-state index contributed by atoms with van der Waals surface area (Å²) in [5, 5.41) is 0. The minimum absolute atomic E-state index is 0.0201. The molecular weight excluding hydrogens is 390 g/mol. The van der Waals surface area contributed by atoms with Crippen LogP contribution in [0.1, 0.15) is 34.6 Å².